The Morgan fingerprint density at radius 1 is 0.391 bits per heavy atom. The lowest BCUT2D eigenvalue weighted by atomic mass is 9.78. The zero-order valence-electron chi connectivity index (χ0n) is 22.5. The van der Waals surface area contributed by atoms with Gasteiger partial charge in [0.15, 0.2) is 10.9 Å². The van der Waals surface area contributed by atoms with Crippen LogP contribution in [0.4, 0.5) is 0 Å². The van der Waals surface area contributed by atoms with Crippen molar-refractivity contribution in [3.05, 3.63) is 86.1 Å². The van der Waals surface area contributed by atoms with Gasteiger partial charge < -0.3 is 30.6 Å². The molecule has 0 bridgehead atoms. The molecule has 2 heterocycles. The molecule has 0 saturated carbocycles. The highest BCUT2D eigenvalue weighted by atomic mass is 16.3. The molecule has 2 aromatic heterocycles. The monoisotopic (exact) mass is 612 g/mol. The van der Waals surface area contributed by atoms with Gasteiger partial charge in [0.1, 0.15) is 23.0 Å². The van der Waals surface area contributed by atoms with E-state index in [4.69, 9.17) is 0 Å². The van der Waals surface area contributed by atoms with Gasteiger partial charge in [-0.3, -0.25) is 39.0 Å². The summed E-state index contributed by atoms with van der Waals surface area (Å²) in [6.07, 6.45) is 2.44. The third-order valence-corrected chi connectivity index (χ3v) is 9.48. The number of hydrogen-bond acceptors (Lipinski definition) is 10. The summed E-state index contributed by atoms with van der Waals surface area (Å²) >= 11 is 0. The second-order valence-electron chi connectivity index (χ2n) is 11.5. The van der Waals surface area contributed by atoms with E-state index in [1.165, 1.54) is 12.4 Å². The molecule has 0 aliphatic heterocycles. The van der Waals surface area contributed by atoms with Crippen LogP contribution in [0.15, 0.2) is 53.3 Å². The van der Waals surface area contributed by atoms with E-state index < -0.39 is 66.6 Å². The van der Waals surface area contributed by atoms with Crippen molar-refractivity contribution in [1.82, 2.24) is 20.4 Å². The van der Waals surface area contributed by atoms with Crippen LogP contribution in [0.25, 0.3) is 97.0 Å². The molecular weight excluding hydrogens is 600 g/mol. The van der Waals surface area contributed by atoms with E-state index in [1.807, 2.05) is 0 Å². The van der Waals surface area contributed by atoms with Gasteiger partial charge in [0.05, 0.1) is 32.3 Å². The van der Waals surface area contributed by atoms with Crippen molar-refractivity contribution in [2.24, 2.45) is 0 Å². The van der Waals surface area contributed by atoms with E-state index >= 15 is 0 Å². The molecule has 10 aromatic rings. The van der Waals surface area contributed by atoms with Crippen LogP contribution in [0.5, 0.6) is 23.0 Å². The summed E-state index contributed by atoms with van der Waals surface area (Å²) < 4.78 is 0. The summed E-state index contributed by atoms with van der Waals surface area (Å²) in [6, 6.07) is 1.50. The van der Waals surface area contributed by atoms with Gasteiger partial charge in [-0.15, -0.1) is 0 Å². The molecule has 46 heavy (non-hydrogen) atoms. The van der Waals surface area contributed by atoms with Crippen molar-refractivity contribution >= 4 is 97.0 Å². The lowest BCUT2D eigenvalue weighted by Crippen LogP contribution is -2.18. The average Bonchev–Trinajstić information content (AvgIpc) is 3.00. The molecule has 0 amide bonds. The van der Waals surface area contributed by atoms with Crippen molar-refractivity contribution in [1.29, 1.82) is 0 Å². The van der Waals surface area contributed by atoms with E-state index in [0.717, 1.165) is 12.1 Å². The van der Waals surface area contributed by atoms with Crippen LogP contribution in [0, 0.1) is 0 Å². The lowest BCUT2D eigenvalue weighted by Gasteiger charge is -2.23. The van der Waals surface area contributed by atoms with Gasteiger partial charge in [-0.1, -0.05) is 0 Å². The van der Waals surface area contributed by atoms with E-state index in [1.54, 1.807) is 0 Å². The zero-order valence-corrected chi connectivity index (χ0v) is 22.5. The Bertz CT molecular complexity index is 3250. The normalized spacial score (nSPS) is 12.8. The fourth-order valence-electron chi connectivity index (χ4n) is 7.93. The summed E-state index contributed by atoms with van der Waals surface area (Å²) in [5, 5.41) is 51.5. The SMILES string of the molecule is O=c1c2c(O)cc(=O)c3c4c(=O)cc(O)c5c(=O)c6c(O)c7c[nH][nH]c(=O)c7c7c6c(c54)c(c23)c2c1c(O)c1c[nH][nH]c(=O)c1c27. The number of aromatic hydroxyl groups is 4. The number of phenolic OH excluding ortho intramolecular Hbond substituents is 4. The summed E-state index contributed by atoms with van der Waals surface area (Å²) in [5.74, 6) is -2.79. The fourth-order valence-corrected chi connectivity index (χ4v) is 7.93. The van der Waals surface area contributed by atoms with Gasteiger partial charge in [0.2, 0.25) is 10.9 Å². The van der Waals surface area contributed by atoms with Crippen molar-refractivity contribution < 1.29 is 20.4 Å². The molecule has 8 aromatic carbocycles. The third kappa shape index (κ3) is 2.29. The number of H-pyrrole nitrogens is 4. The van der Waals surface area contributed by atoms with E-state index in [9.17, 15) is 49.2 Å². The van der Waals surface area contributed by atoms with E-state index in [0.29, 0.717) is 0 Å². The maximum absolute atomic E-state index is 14.4. The number of rotatable bonds is 0. The first-order valence-corrected chi connectivity index (χ1v) is 13.7. The van der Waals surface area contributed by atoms with Gasteiger partial charge in [0.25, 0.3) is 11.1 Å². The number of fused-ring (bicyclic) bond motifs is 6. The Kier molecular flexibility index (Phi) is 3.84. The molecule has 0 unspecified atom stereocenters. The summed E-state index contributed by atoms with van der Waals surface area (Å²) in [5.41, 5.74) is -5.21. The van der Waals surface area contributed by atoms with Crippen LogP contribution < -0.4 is 32.8 Å². The van der Waals surface area contributed by atoms with Crippen LogP contribution in [0.3, 0.4) is 0 Å². The molecule has 14 nitrogen and oxygen atoms in total. The zero-order chi connectivity index (χ0) is 31.8. The molecule has 0 atom stereocenters. The molecule has 0 spiro atoms. The maximum atomic E-state index is 14.4. The highest BCUT2D eigenvalue weighted by Gasteiger charge is 2.34. The number of nitrogens with one attached hydrogen (secondary N) is 4. The van der Waals surface area contributed by atoms with Gasteiger partial charge in [0, 0.05) is 89.2 Å². The van der Waals surface area contributed by atoms with Gasteiger partial charge in [-0.2, -0.15) is 0 Å². The minimum atomic E-state index is -0.940. The van der Waals surface area contributed by atoms with Gasteiger partial charge >= 0.3 is 0 Å². The second kappa shape index (κ2) is 7.22. The van der Waals surface area contributed by atoms with Crippen molar-refractivity contribution in [3.8, 4) is 23.0 Å². The van der Waals surface area contributed by atoms with Crippen LogP contribution in [0.1, 0.15) is 0 Å². The largest absolute Gasteiger partial charge is 0.507 e. The molecule has 0 fully saturated rings. The predicted octanol–water partition coefficient (Wildman–Crippen LogP) is 2.11. The number of benzene rings is 8. The second-order valence-corrected chi connectivity index (χ2v) is 11.5. The summed E-state index contributed by atoms with van der Waals surface area (Å²) in [7, 11) is 0. The molecular formula is C32H12N4O10. The molecule has 0 radical (unpaired) electrons. The minimum absolute atomic E-state index is 0.00953. The molecule has 8 N–H and O–H groups in total. The molecule has 10 rings (SSSR count). The first-order chi connectivity index (χ1) is 22.0. The Morgan fingerprint density at radius 2 is 0.717 bits per heavy atom. The Labute approximate surface area is 246 Å². The molecule has 0 aliphatic carbocycles. The standard InChI is InChI=1S/C32H12N4O10/c37-7-1-9(39)15-19-13(7)14-8(38)2-10(40)16-20(14)22-21(19)23-17(11-5(3-33-35-31(11)45)27(41)25(23)29(15)43)18-12-6(4-34-36-32(12)46)28(42)26(24(18)22)30(16)44/h1-4,33-34,39-42H,(H,35,45)(H,36,46). The van der Waals surface area contributed by atoms with Crippen LogP contribution in [-0.4, -0.2) is 40.8 Å². The maximum Gasteiger partial charge on any atom is 0.271 e. The minimum Gasteiger partial charge on any atom is -0.507 e. The van der Waals surface area contributed by atoms with Crippen molar-refractivity contribution in [2.75, 3.05) is 0 Å². The van der Waals surface area contributed by atoms with Crippen LogP contribution in [-0.2, 0) is 0 Å². The highest BCUT2D eigenvalue weighted by molar-refractivity contribution is 6.53. The number of aromatic nitrogens is 4. The van der Waals surface area contributed by atoms with Crippen LogP contribution >= 0.6 is 0 Å². The van der Waals surface area contributed by atoms with E-state index in [2.05, 4.69) is 20.4 Å². The number of aromatic amines is 4. The molecule has 220 valence electrons. The molecule has 0 aliphatic rings. The number of phenols is 4. The van der Waals surface area contributed by atoms with Gasteiger partial charge in [-0.25, -0.2) is 0 Å². The van der Waals surface area contributed by atoms with E-state index in [-0.39, 0.29) is 86.2 Å². The average molecular weight is 612 g/mol. The first-order valence-electron chi connectivity index (χ1n) is 13.7. The van der Waals surface area contributed by atoms with Crippen LogP contribution in [0.2, 0.25) is 0 Å². The predicted molar refractivity (Wildman–Crippen MR) is 170 cm³/mol. The quantitative estimate of drug-likeness (QED) is 0.0915. The molecule has 0 saturated heterocycles. The topological polar surface area (TPSA) is 246 Å². The highest BCUT2D eigenvalue weighted by Crippen LogP contribution is 2.54. The van der Waals surface area contributed by atoms with Crippen molar-refractivity contribution in [3.63, 3.8) is 0 Å². The van der Waals surface area contributed by atoms with Crippen molar-refractivity contribution in [2.45, 2.75) is 0 Å². The Hall–Kier alpha value is -6.96. The fraction of sp³-hybridized carbons (Fsp3) is 0. The number of hydrogen-bond donors (Lipinski definition) is 8. The lowest BCUT2D eigenvalue weighted by molar-refractivity contribution is 0.480. The Morgan fingerprint density at radius 3 is 1.11 bits per heavy atom. The smallest absolute Gasteiger partial charge is 0.271 e. The first kappa shape index (κ1) is 24.5. The Balaban J connectivity index is 1.88. The summed E-state index contributed by atoms with van der Waals surface area (Å²) in [6.45, 7) is 0. The van der Waals surface area contributed by atoms with Gasteiger partial charge in [-0.05, 0) is 0 Å². The third-order valence-electron chi connectivity index (χ3n) is 9.48. The summed E-state index contributed by atoms with van der Waals surface area (Å²) in [4.78, 5) is 83.2. The molecule has 14 heteroatoms.